The van der Waals surface area contributed by atoms with E-state index in [0.717, 1.165) is 24.9 Å². The number of nitrogens with one attached hydrogen (secondary N) is 1. The molecule has 1 aliphatic heterocycles. The van der Waals surface area contributed by atoms with Crippen molar-refractivity contribution in [3.63, 3.8) is 0 Å². The Bertz CT molecular complexity index is 698. The largest absolute Gasteiger partial charge is 0.347 e. The van der Waals surface area contributed by atoms with Gasteiger partial charge in [-0.25, -0.2) is 0 Å². The molecule has 0 bridgehead atoms. The number of benzene rings is 1. The number of carbonyl (C=O) groups is 2. The van der Waals surface area contributed by atoms with Crippen LogP contribution in [-0.2, 0) is 16.1 Å². The number of hydrogen-bond acceptors (Lipinski definition) is 4. The van der Waals surface area contributed by atoms with Crippen LogP contribution in [0.15, 0.2) is 36.7 Å². The molecule has 126 valence electrons. The Morgan fingerprint density at radius 1 is 1.17 bits per heavy atom. The molecule has 1 aromatic heterocycles. The van der Waals surface area contributed by atoms with Crippen LogP contribution in [0.4, 0.5) is 0 Å². The van der Waals surface area contributed by atoms with Crippen molar-refractivity contribution >= 4 is 11.8 Å². The van der Waals surface area contributed by atoms with Crippen molar-refractivity contribution in [2.75, 3.05) is 13.1 Å². The second-order valence-corrected chi connectivity index (χ2v) is 5.86. The van der Waals surface area contributed by atoms with E-state index in [9.17, 15) is 9.59 Å². The summed E-state index contributed by atoms with van der Waals surface area (Å²) in [4.78, 5) is 25.7. The second kappa shape index (κ2) is 7.72. The summed E-state index contributed by atoms with van der Waals surface area (Å²) in [6, 6.07) is 9.70. The van der Waals surface area contributed by atoms with E-state index in [-0.39, 0.29) is 24.9 Å². The average molecular weight is 327 g/mol. The lowest BCUT2D eigenvalue weighted by Crippen LogP contribution is -2.40. The zero-order valence-electron chi connectivity index (χ0n) is 13.5. The van der Waals surface area contributed by atoms with Gasteiger partial charge in [-0.3, -0.25) is 14.2 Å². The Balaban J connectivity index is 1.57. The van der Waals surface area contributed by atoms with Crippen LogP contribution < -0.4 is 5.32 Å². The van der Waals surface area contributed by atoms with Crippen LogP contribution in [0.25, 0.3) is 5.69 Å². The van der Waals surface area contributed by atoms with Crippen molar-refractivity contribution in [2.24, 2.45) is 0 Å². The highest BCUT2D eigenvalue weighted by Crippen LogP contribution is 2.11. The van der Waals surface area contributed by atoms with E-state index in [4.69, 9.17) is 0 Å². The minimum atomic E-state index is -0.173. The molecule has 0 spiro atoms. The third-order valence-corrected chi connectivity index (χ3v) is 4.10. The minimum absolute atomic E-state index is 0.0649. The van der Waals surface area contributed by atoms with E-state index in [2.05, 4.69) is 15.5 Å². The fourth-order valence-corrected chi connectivity index (χ4v) is 2.80. The van der Waals surface area contributed by atoms with Crippen LogP contribution in [0, 0.1) is 0 Å². The van der Waals surface area contributed by atoms with Crippen LogP contribution in [0.3, 0.4) is 0 Å². The predicted molar refractivity (Wildman–Crippen MR) is 88.3 cm³/mol. The summed E-state index contributed by atoms with van der Waals surface area (Å²) in [5.41, 5.74) is 0.939. The van der Waals surface area contributed by atoms with Gasteiger partial charge in [-0.05, 0) is 25.0 Å². The van der Waals surface area contributed by atoms with Crippen LogP contribution in [0.2, 0.25) is 0 Å². The zero-order chi connectivity index (χ0) is 16.8. The fraction of sp³-hybridized carbons (Fsp3) is 0.412. The number of carbonyl (C=O) groups excluding carboxylic acids is 2. The molecule has 0 aliphatic carbocycles. The molecule has 2 aromatic rings. The van der Waals surface area contributed by atoms with Crippen LogP contribution in [0.5, 0.6) is 0 Å². The van der Waals surface area contributed by atoms with E-state index >= 15 is 0 Å². The Labute approximate surface area is 140 Å². The summed E-state index contributed by atoms with van der Waals surface area (Å²) in [5, 5.41) is 10.8. The summed E-state index contributed by atoms with van der Waals surface area (Å²) >= 11 is 0. The number of nitrogens with zero attached hydrogens (tertiary/aromatic N) is 4. The Morgan fingerprint density at radius 2 is 2.00 bits per heavy atom. The fourth-order valence-electron chi connectivity index (χ4n) is 2.80. The summed E-state index contributed by atoms with van der Waals surface area (Å²) in [6.45, 7) is 1.04. The predicted octanol–water partition coefficient (Wildman–Crippen LogP) is 1.29. The van der Waals surface area contributed by atoms with E-state index in [1.165, 1.54) is 0 Å². The molecule has 1 aromatic carbocycles. The first kappa shape index (κ1) is 16.2. The molecule has 0 unspecified atom stereocenters. The lowest BCUT2D eigenvalue weighted by Gasteiger charge is -2.19. The smallest absolute Gasteiger partial charge is 0.240 e. The van der Waals surface area contributed by atoms with Crippen molar-refractivity contribution in [3.8, 4) is 5.69 Å². The third kappa shape index (κ3) is 3.98. The first-order chi connectivity index (χ1) is 11.7. The van der Waals surface area contributed by atoms with Gasteiger partial charge in [-0.1, -0.05) is 24.6 Å². The summed E-state index contributed by atoms with van der Waals surface area (Å²) in [5.74, 6) is 0.541. The molecule has 1 fully saturated rings. The molecule has 0 radical (unpaired) electrons. The summed E-state index contributed by atoms with van der Waals surface area (Å²) < 4.78 is 1.83. The molecule has 1 saturated heterocycles. The van der Waals surface area contributed by atoms with Crippen LogP contribution >= 0.6 is 0 Å². The molecule has 0 saturated carbocycles. The van der Waals surface area contributed by atoms with Crippen LogP contribution in [0.1, 0.15) is 31.5 Å². The number of rotatable bonds is 5. The number of likely N-dealkylation sites (tertiary alicyclic amines) is 1. The molecule has 3 rings (SSSR count). The average Bonchev–Trinajstić information content (AvgIpc) is 2.99. The minimum Gasteiger partial charge on any atom is -0.347 e. The molecule has 24 heavy (non-hydrogen) atoms. The molecule has 1 aliphatic rings. The first-order valence-corrected chi connectivity index (χ1v) is 8.23. The SMILES string of the molecule is O=C(CN1CCCCCC1=O)NCc1nncn1-c1ccccc1. The number of hydrogen-bond donors (Lipinski definition) is 1. The first-order valence-electron chi connectivity index (χ1n) is 8.23. The molecule has 0 atom stereocenters. The highest BCUT2D eigenvalue weighted by molar-refractivity contribution is 5.84. The summed E-state index contributed by atoms with van der Waals surface area (Å²) in [6.07, 6.45) is 5.08. The van der Waals surface area contributed by atoms with E-state index in [0.29, 0.717) is 18.8 Å². The molecular formula is C17H21N5O2. The normalized spacial score (nSPS) is 15.2. The monoisotopic (exact) mass is 327 g/mol. The summed E-state index contributed by atoms with van der Waals surface area (Å²) in [7, 11) is 0. The van der Waals surface area contributed by atoms with Gasteiger partial charge in [0.15, 0.2) is 5.82 Å². The number of aromatic nitrogens is 3. The Morgan fingerprint density at radius 3 is 2.83 bits per heavy atom. The van der Waals surface area contributed by atoms with Crippen molar-refractivity contribution in [3.05, 3.63) is 42.5 Å². The van der Waals surface area contributed by atoms with Gasteiger partial charge in [-0.2, -0.15) is 0 Å². The maximum absolute atomic E-state index is 12.1. The molecular weight excluding hydrogens is 306 g/mol. The standard InChI is InChI=1S/C17H21N5O2/c23-16(12-21-10-6-2-5-9-17(21)24)18-11-15-20-19-13-22(15)14-7-3-1-4-8-14/h1,3-4,7-8,13H,2,5-6,9-12H2,(H,18,23). The molecule has 7 heteroatoms. The van der Waals surface area contributed by atoms with Crippen molar-refractivity contribution < 1.29 is 9.59 Å². The molecule has 2 amide bonds. The molecule has 2 heterocycles. The van der Waals surface area contributed by atoms with Crippen molar-refractivity contribution in [2.45, 2.75) is 32.2 Å². The Hall–Kier alpha value is -2.70. The maximum atomic E-state index is 12.1. The van der Waals surface area contributed by atoms with Crippen LogP contribution in [-0.4, -0.2) is 44.6 Å². The lowest BCUT2D eigenvalue weighted by atomic mass is 10.2. The lowest BCUT2D eigenvalue weighted by molar-refractivity contribution is -0.135. The molecule has 7 nitrogen and oxygen atoms in total. The zero-order valence-corrected chi connectivity index (χ0v) is 13.5. The van der Waals surface area contributed by atoms with Gasteiger partial charge < -0.3 is 10.2 Å². The highest BCUT2D eigenvalue weighted by atomic mass is 16.2. The second-order valence-electron chi connectivity index (χ2n) is 5.86. The van der Waals surface area contributed by atoms with Crippen molar-refractivity contribution in [1.29, 1.82) is 0 Å². The van der Waals surface area contributed by atoms with E-state index in [1.807, 2.05) is 34.9 Å². The van der Waals surface area contributed by atoms with Gasteiger partial charge in [-0.15, -0.1) is 10.2 Å². The maximum Gasteiger partial charge on any atom is 0.240 e. The molecule has 1 N–H and O–H groups in total. The third-order valence-electron chi connectivity index (χ3n) is 4.10. The quantitative estimate of drug-likeness (QED) is 0.897. The van der Waals surface area contributed by atoms with E-state index in [1.54, 1.807) is 11.2 Å². The van der Waals surface area contributed by atoms with Gasteiger partial charge in [0.2, 0.25) is 11.8 Å². The van der Waals surface area contributed by atoms with Gasteiger partial charge >= 0.3 is 0 Å². The number of amides is 2. The van der Waals surface area contributed by atoms with Gasteiger partial charge in [0.1, 0.15) is 6.33 Å². The van der Waals surface area contributed by atoms with Gasteiger partial charge in [0.05, 0.1) is 13.1 Å². The topological polar surface area (TPSA) is 80.1 Å². The Kier molecular flexibility index (Phi) is 5.20. The van der Waals surface area contributed by atoms with Crippen molar-refractivity contribution in [1.82, 2.24) is 25.0 Å². The van der Waals surface area contributed by atoms with E-state index < -0.39 is 0 Å². The van der Waals surface area contributed by atoms with Gasteiger partial charge in [0, 0.05) is 18.7 Å². The number of para-hydroxylation sites is 1. The van der Waals surface area contributed by atoms with Gasteiger partial charge in [0.25, 0.3) is 0 Å². The highest BCUT2D eigenvalue weighted by Gasteiger charge is 2.19.